The van der Waals surface area contributed by atoms with Gasteiger partial charge in [0, 0.05) is 0 Å². The van der Waals surface area contributed by atoms with Crippen LogP contribution in [0.5, 0.6) is 11.5 Å². The molecular formula is C18H17IN2O4. The fourth-order valence-electron chi connectivity index (χ4n) is 2.10. The second kappa shape index (κ2) is 9.13. The highest BCUT2D eigenvalue weighted by atomic mass is 127. The van der Waals surface area contributed by atoms with Crippen LogP contribution < -0.4 is 14.8 Å². The van der Waals surface area contributed by atoms with Gasteiger partial charge in [0.15, 0.2) is 11.5 Å². The number of halogens is 1. The van der Waals surface area contributed by atoms with Crippen molar-refractivity contribution >= 4 is 34.6 Å². The van der Waals surface area contributed by atoms with Crippen molar-refractivity contribution in [2.75, 3.05) is 13.7 Å². The predicted molar refractivity (Wildman–Crippen MR) is 101 cm³/mol. The van der Waals surface area contributed by atoms with E-state index in [0.29, 0.717) is 29.4 Å². The van der Waals surface area contributed by atoms with Crippen molar-refractivity contribution in [2.24, 2.45) is 0 Å². The molecule has 1 heterocycles. The largest absolute Gasteiger partial charge is 0.493 e. The fraction of sp³-hybridized carbons (Fsp3) is 0.222. The lowest BCUT2D eigenvalue weighted by atomic mass is 10.1. The van der Waals surface area contributed by atoms with Crippen LogP contribution in [0.4, 0.5) is 0 Å². The summed E-state index contributed by atoms with van der Waals surface area (Å²) in [5.74, 6) is 1.33. The monoisotopic (exact) mass is 452 g/mol. The van der Waals surface area contributed by atoms with Gasteiger partial charge in [0.05, 0.1) is 30.1 Å². The van der Waals surface area contributed by atoms with Gasteiger partial charge < -0.3 is 19.2 Å². The van der Waals surface area contributed by atoms with E-state index in [9.17, 15) is 10.1 Å². The van der Waals surface area contributed by atoms with E-state index < -0.39 is 5.91 Å². The number of furan rings is 1. The van der Waals surface area contributed by atoms with Crippen molar-refractivity contribution in [1.82, 2.24) is 5.32 Å². The van der Waals surface area contributed by atoms with Gasteiger partial charge in [-0.1, -0.05) is 0 Å². The molecule has 0 unspecified atom stereocenters. The van der Waals surface area contributed by atoms with Gasteiger partial charge in [-0.25, -0.2) is 0 Å². The molecule has 7 heteroatoms. The highest BCUT2D eigenvalue weighted by Gasteiger charge is 2.13. The summed E-state index contributed by atoms with van der Waals surface area (Å²) in [5.41, 5.74) is 0.669. The zero-order valence-corrected chi connectivity index (χ0v) is 16.0. The molecule has 1 amide bonds. The average molecular weight is 452 g/mol. The molecule has 1 aromatic carbocycles. The zero-order chi connectivity index (χ0) is 18.2. The van der Waals surface area contributed by atoms with Crippen LogP contribution in [0.2, 0.25) is 0 Å². The van der Waals surface area contributed by atoms with Crippen molar-refractivity contribution < 1.29 is 18.7 Å². The average Bonchev–Trinajstić information content (AvgIpc) is 3.13. The van der Waals surface area contributed by atoms with Crippen molar-refractivity contribution in [1.29, 1.82) is 5.26 Å². The van der Waals surface area contributed by atoms with Crippen LogP contribution in [-0.4, -0.2) is 19.6 Å². The molecule has 0 atom stereocenters. The zero-order valence-electron chi connectivity index (χ0n) is 13.8. The van der Waals surface area contributed by atoms with Crippen LogP contribution in [0.15, 0.2) is 40.5 Å². The molecule has 25 heavy (non-hydrogen) atoms. The molecule has 2 rings (SSSR count). The molecule has 0 saturated carbocycles. The maximum atomic E-state index is 12.2. The lowest BCUT2D eigenvalue weighted by Gasteiger charge is -2.12. The number of rotatable bonds is 7. The maximum absolute atomic E-state index is 12.2. The Morgan fingerprint density at radius 1 is 1.48 bits per heavy atom. The lowest BCUT2D eigenvalue weighted by molar-refractivity contribution is -0.117. The molecule has 6 nitrogen and oxygen atoms in total. The van der Waals surface area contributed by atoms with E-state index >= 15 is 0 Å². The molecule has 0 radical (unpaired) electrons. The van der Waals surface area contributed by atoms with Crippen LogP contribution >= 0.6 is 22.6 Å². The molecule has 2 aromatic rings. The number of benzene rings is 1. The van der Waals surface area contributed by atoms with E-state index in [4.69, 9.17) is 13.9 Å². The third kappa shape index (κ3) is 5.00. The summed E-state index contributed by atoms with van der Waals surface area (Å²) in [6, 6.07) is 8.95. The Bertz CT molecular complexity index is 807. The van der Waals surface area contributed by atoms with Crippen molar-refractivity contribution in [3.8, 4) is 17.6 Å². The second-order valence-corrected chi connectivity index (χ2v) is 6.06. The van der Waals surface area contributed by atoms with E-state index in [2.05, 4.69) is 27.9 Å². The van der Waals surface area contributed by atoms with Gasteiger partial charge in [0.25, 0.3) is 5.91 Å². The molecular weight excluding hydrogens is 435 g/mol. The normalized spacial score (nSPS) is 10.9. The van der Waals surface area contributed by atoms with Gasteiger partial charge in [-0.05, 0) is 65.4 Å². The quantitative estimate of drug-likeness (QED) is 0.395. The molecule has 0 aliphatic heterocycles. The number of carbonyl (C=O) groups is 1. The third-order valence-electron chi connectivity index (χ3n) is 3.22. The molecule has 0 aliphatic rings. The molecule has 130 valence electrons. The Morgan fingerprint density at radius 2 is 2.28 bits per heavy atom. The fourth-order valence-corrected chi connectivity index (χ4v) is 2.88. The van der Waals surface area contributed by atoms with Gasteiger partial charge in [0.1, 0.15) is 17.4 Å². The minimum atomic E-state index is -0.471. The number of hydrogen-bond acceptors (Lipinski definition) is 5. The van der Waals surface area contributed by atoms with Crippen LogP contribution in [0, 0.1) is 14.9 Å². The number of carbonyl (C=O) groups excluding carboxylic acids is 1. The van der Waals surface area contributed by atoms with Crippen LogP contribution in [-0.2, 0) is 11.3 Å². The van der Waals surface area contributed by atoms with Gasteiger partial charge in [-0.15, -0.1) is 0 Å². The molecule has 0 fully saturated rings. The number of nitrogens with one attached hydrogen (secondary N) is 1. The van der Waals surface area contributed by atoms with Crippen molar-refractivity contribution in [2.45, 2.75) is 13.5 Å². The summed E-state index contributed by atoms with van der Waals surface area (Å²) in [4.78, 5) is 12.2. The molecule has 1 aromatic heterocycles. The van der Waals surface area contributed by atoms with Gasteiger partial charge in [-0.2, -0.15) is 5.26 Å². The Balaban J connectivity index is 2.22. The predicted octanol–water partition coefficient (Wildman–Crippen LogP) is 3.51. The number of ether oxygens (including phenoxy) is 2. The van der Waals surface area contributed by atoms with Gasteiger partial charge in [-0.3, -0.25) is 4.79 Å². The molecule has 0 spiro atoms. The Labute approximate surface area is 159 Å². The van der Waals surface area contributed by atoms with E-state index in [1.165, 1.54) is 12.3 Å². The van der Waals surface area contributed by atoms with E-state index in [0.717, 1.165) is 3.57 Å². The molecule has 1 N–H and O–H groups in total. The second-order valence-electron chi connectivity index (χ2n) is 4.90. The smallest absolute Gasteiger partial charge is 0.262 e. The summed E-state index contributed by atoms with van der Waals surface area (Å²) in [6.07, 6.45) is 3.04. The Morgan fingerprint density at radius 3 is 2.88 bits per heavy atom. The van der Waals surface area contributed by atoms with E-state index in [1.54, 1.807) is 25.3 Å². The third-order valence-corrected chi connectivity index (χ3v) is 4.02. The van der Waals surface area contributed by atoms with Crippen LogP contribution in [0.1, 0.15) is 18.2 Å². The first kappa shape index (κ1) is 18.9. The highest BCUT2D eigenvalue weighted by molar-refractivity contribution is 14.1. The van der Waals surface area contributed by atoms with Crippen molar-refractivity contribution in [3.05, 3.63) is 51.0 Å². The van der Waals surface area contributed by atoms with Gasteiger partial charge >= 0.3 is 0 Å². The van der Waals surface area contributed by atoms with Crippen LogP contribution in [0.25, 0.3) is 6.08 Å². The Kier molecular flexibility index (Phi) is 6.89. The summed E-state index contributed by atoms with van der Waals surface area (Å²) in [6.45, 7) is 2.62. The highest BCUT2D eigenvalue weighted by Crippen LogP contribution is 2.34. The van der Waals surface area contributed by atoms with Crippen LogP contribution in [0.3, 0.4) is 0 Å². The van der Waals surface area contributed by atoms with E-state index in [-0.39, 0.29) is 12.1 Å². The summed E-state index contributed by atoms with van der Waals surface area (Å²) >= 11 is 2.13. The molecule has 0 bridgehead atoms. The Hall–Kier alpha value is -2.47. The number of methoxy groups -OCH3 is 1. The number of nitrogens with zero attached hydrogens (tertiary/aromatic N) is 1. The maximum Gasteiger partial charge on any atom is 0.262 e. The number of nitriles is 1. The first-order valence-electron chi connectivity index (χ1n) is 7.51. The molecule has 0 saturated heterocycles. The minimum Gasteiger partial charge on any atom is -0.493 e. The van der Waals surface area contributed by atoms with Crippen molar-refractivity contribution in [3.63, 3.8) is 0 Å². The summed E-state index contributed by atoms with van der Waals surface area (Å²) in [7, 11) is 1.54. The topological polar surface area (TPSA) is 84.5 Å². The number of hydrogen-bond donors (Lipinski definition) is 1. The minimum absolute atomic E-state index is 0.00595. The first-order chi connectivity index (χ1) is 12.1. The summed E-state index contributed by atoms with van der Waals surface area (Å²) < 4.78 is 16.9. The summed E-state index contributed by atoms with van der Waals surface area (Å²) in [5, 5.41) is 11.9. The van der Waals surface area contributed by atoms with E-state index in [1.807, 2.05) is 19.1 Å². The molecule has 0 aliphatic carbocycles. The lowest BCUT2D eigenvalue weighted by Crippen LogP contribution is -2.23. The SMILES string of the molecule is CCOc1c(I)cc(/C=C(\C#N)C(=O)NCc2ccco2)cc1OC. The standard InChI is InChI=1S/C18H17IN2O4/c1-3-24-17-15(19)8-12(9-16(17)23-2)7-13(10-20)18(22)21-11-14-5-4-6-25-14/h4-9H,3,11H2,1-2H3,(H,21,22)/b13-7+. The number of amides is 1. The van der Waals surface area contributed by atoms with Gasteiger partial charge in [0.2, 0.25) is 0 Å². The first-order valence-corrected chi connectivity index (χ1v) is 8.59.